The summed E-state index contributed by atoms with van der Waals surface area (Å²) >= 11 is 0. The van der Waals surface area contributed by atoms with Crippen molar-refractivity contribution in [2.75, 3.05) is 6.61 Å². The Morgan fingerprint density at radius 1 is 1.37 bits per heavy atom. The number of nitrogens with zero attached hydrogens (tertiary/aromatic N) is 2. The van der Waals surface area contributed by atoms with Crippen LogP contribution in [-0.2, 0) is 9.53 Å². The van der Waals surface area contributed by atoms with Gasteiger partial charge in [0.25, 0.3) is 5.78 Å². The molecule has 0 unspecified atom stereocenters. The maximum absolute atomic E-state index is 11.8. The van der Waals surface area contributed by atoms with Crippen LogP contribution in [-0.4, -0.2) is 28.1 Å². The van der Waals surface area contributed by atoms with Gasteiger partial charge in [-0.1, -0.05) is 0 Å². The van der Waals surface area contributed by atoms with E-state index in [9.17, 15) is 9.59 Å². The van der Waals surface area contributed by atoms with Crippen molar-refractivity contribution >= 4 is 22.7 Å². The minimum Gasteiger partial charge on any atom is -0.460 e. The number of ketones is 1. The number of hydrogen-bond acceptors (Lipinski definition) is 4. The van der Waals surface area contributed by atoms with Gasteiger partial charge in [-0.2, -0.15) is 5.10 Å². The molecule has 0 saturated heterocycles. The Balaban J connectivity index is 2.37. The second-order valence-electron chi connectivity index (χ2n) is 4.51. The Morgan fingerprint density at radius 3 is 2.74 bits per heavy atom. The highest BCUT2D eigenvalue weighted by Gasteiger charge is 2.18. The van der Waals surface area contributed by atoms with Gasteiger partial charge in [-0.15, -0.1) is 0 Å². The van der Waals surface area contributed by atoms with Crippen LogP contribution in [0.25, 0.3) is 10.9 Å². The topological polar surface area (TPSA) is 61.2 Å². The van der Waals surface area contributed by atoms with Gasteiger partial charge in [0.15, 0.2) is 0 Å². The first-order chi connectivity index (χ1) is 9.04. The summed E-state index contributed by atoms with van der Waals surface area (Å²) in [4.78, 5) is 23.2. The number of rotatable bonds is 4. The van der Waals surface area contributed by atoms with Crippen LogP contribution in [0.2, 0.25) is 0 Å². The summed E-state index contributed by atoms with van der Waals surface area (Å²) in [7, 11) is 0. The van der Waals surface area contributed by atoms with E-state index in [0.717, 1.165) is 10.9 Å². The van der Waals surface area contributed by atoms with Crippen LogP contribution < -0.4 is 0 Å². The van der Waals surface area contributed by atoms with Crippen LogP contribution in [0.1, 0.15) is 37.2 Å². The summed E-state index contributed by atoms with van der Waals surface area (Å²) in [6.07, 6.45) is 1.69. The minimum absolute atomic E-state index is 0.193. The SMILES string of the molecule is CCOC(=O)C(=O)c1ccc2c(cnn2C(C)C)c1. The zero-order valence-corrected chi connectivity index (χ0v) is 11.2. The predicted molar refractivity (Wildman–Crippen MR) is 71.1 cm³/mol. The molecule has 0 amide bonds. The summed E-state index contributed by atoms with van der Waals surface area (Å²) < 4.78 is 6.57. The highest BCUT2D eigenvalue weighted by molar-refractivity contribution is 6.40. The molecule has 0 bridgehead atoms. The van der Waals surface area contributed by atoms with E-state index < -0.39 is 11.8 Å². The quantitative estimate of drug-likeness (QED) is 0.481. The van der Waals surface area contributed by atoms with Crippen LogP contribution in [0.15, 0.2) is 24.4 Å². The molecule has 5 nitrogen and oxygen atoms in total. The molecule has 1 aromatic heterocycles. The van der Waals surface area contributed by atoms with Crippen molar-refractivity contribution in [2.45, 2.75) is 26.8 Å². The molecule has 5 heteroatoms. The molecule has 0 aliphatic carbocycles. The second-order valence-corrected chi connectivity index (χ2v) is 4.51. The third-order valence-electron chi connectivity index (χ3n) is 2.81. The fourth-order valence-corrected chi connectivity index (χ4v) is 1.92. The van der Waals surface area contributed by atoms with Crippen LogP contribution in [0.4, 0.5) is 0 Å². The maximum Gasteiger partial charge on any atom is 0.379 e. The van der Waals surface area contributed by atoms with Gasteiger partial charge in [0, 0.05) is 17.0 Å². The zero-order chi connectivity index (χ0) is 14.0. The summed E-state index contributed by atoms with van der Waals surface area (Å²) in [5, 5.41) is 5.10. The van der Waals surface area contributed by atoms with Crippen LogP contribution in [0.3, 0.4) is 0 Å². The number of Topliss-reactive ketones (excluding diaryl/α,β-unsaturated/α-hetero) is 1. The zero-order valence-electron chi connectivity index (χ0n) is 11.2. The average Bonchev–Trinajstić information content (AvgIpc) is 2.80. The fraction of sp³-hybridized carbons (Fsp3) is 0.357. The highest BCUT2D eigenvalue weighted by atomic mass is 16.5. The van der Waals surface area contributed by atoms with Gasteiger partial charge in [-0.3, -0.25) is 9.48 Å². The second kappa shape index (κ2) is 5.22. The molecule has 0 radical (unpaired) electrons. The largest absolute Gasteiger partial charge is 0.460 e. The average molecular weight is 260 g/mol. The van der Waals surface area contributed by atoms with Gasteiger partial charge in [-0.05, 0) is 39.0 Å². The molecule has 0 aliphatic heterocycles. The standard InChI is InChI=1S/C14H16N2O3/c1-4-19-14(18)13(17)10-5-6-12-11(7-10)8-15-16(12)9(2)3/h5-9H,4H2,1-3H3. The summed E-state index contributed by atoms with van der Waals surface area (Å²) in [6.45, 7) is 5.92. The molecule has 0 saturated carbocycles. The third kappa shape index (κ3) is 2.50. The lowest BCUT2D eigenvalue weighted by molar-refractivity contribution is -0.137. The number of ether oxygens (including phenoxy) is 1. The van der Waals surface area contributed by atoms with E-state index in [0.29, 0.717) is 5.56 Å². The van der Waals surface area contributed by atoms with E-state index in [-0.39, 0.29) is 12.6 Å². The highest BCUT2D eigenvalue weighted by Crippen LogP contribution is 2.19. The Labute approximate surface area is 111 Å². The Hall–Kier alpha value is -2.17. The Morgan fingerprint density at radius 2 is 2.11 bits per heavy atom. The fourth-order valence-electron chi connectivity index (χ4n) is 1.92. The molecule has 0 spiro atoms. The number of esters is 1. The van der Waals surface area contributed by atoms with E-state index >= 15 is 0 Å². The minimum atomic E-state index is -0.821. The van der Waals surface area contributed by atoms with Crippen molar-refractivity contribution in [2.24, 2.45) is 0 Å². The first-order valence-electron chi connectivity index (χ1n) is 6.23. The molecule has 0 aliphatic rings. The lowest BCUT2D eigenvalue weighted by atomic mass is 10.1. The molecular weight excluding hydrogens is 244 g/mol. The molecule has 0 atom stereocenters. The number of aromatic nitrogens is 2. The number of carbonyl (C=O) groups excluding carboxylic acids is 2. The molecular formula is C14H16N2O3. The van der Waals surface area contributed by atoms with Crippen molar-refractivity contribution < 1.29 is 14.3 Å². The normalized spacial score (nSPS) is 10.9. The number of carbonyl (C=O) groups is 2. The number of fused-ring (bicyclic) bond motifs is 1. The molecule has 2 rings (SSSR count). The molecule has 100 valence electrons. The molecule has 1 heterocycles. The van der Waals surface area contributed by atoms with E-state index in [1.807, 2.05) is 18.5 Å². The van der Waals surface area contributed by atoms with E-state index in [2.05, 4.69) is 5.10 Å². The van der Waals surface area contributed by atoms with Gasteiger partial charge in [0.05, 0.1) is 18.3 Å². The predicted octanol–water partition coefficient (Wildman–Crippen LogP) is 2.36. The van der Waals surface area contributed by atoms with Crippen molar-refractivity contribution in [1.82, 2.24) is 9.78 Å². The summed E-state index contributed by atoms with van der Waals surface area (Å²) in [5.74, 6) is -1.45. The van der Waals surface area contributed by atoms with Crippen molar-refractivity contribution in [3.05, 3.63) is 30.0 Å². The van der Waals surface area contributed by atoms with Gasteiger partial charge < -0.3 is 4.74 Å². The monoisotopic (exact) mass is 260 g/mol. The number of hydrogen-bond donors (Lipinski definition) is 0. The van der Waals surface area contributed by atoms with Crippen LogP contribution in [0, 0.1) is 0 Å². The number of benzene rings is 1. The third-order valence-corrected chi connectivity index (χ3v) is 2.81. The van der Waals surface area contributed by atoms with Crippen molar-refractivity contribution in [3.8, 4) is 0 Å². The lowest BCUT2D eigenvalue weighted by Crippen LogP contribution is -2.17. The van der Waals surface area contributed by atoms with Gasteiger partial charge in [0.1, 0.15) is 0 Å². The van der Waals surface area contributed by atoms with Gasteiger partial charge in [-0.25, -0.2) is 4.79 Å². The van der Waals surface area contributed by atoms with Crippen molar-refractivity contribution in [1.29, 1.82) is 0 Å². The molecule has 19 heavy (non-hydrogen) atoms. The van der Waals surface area contributed by atoms with Gasteiger partial charge in [0.2, 0.25) is 0 Å². The van der Waals surface area contributed by atoms with E-state index in [4.69, 9.17) is 4.74 Å². The Bertz CT molecular complexity index is 629. The van der Waals surface area contributed by atoms with E-state index in [1.54, 1.807) is 31.3 Å². The molecule has 1 aromatic carbocycles. The van der Waals surface area contributed by atoms with Crippen LogP contribution >= 0.6 is 0 Å². The summed E-state index contributed by atoms with van der Waals surface area (Å²) in [5.41, 5.74) is 1.27. The molecule has 0 N–H and O–H groups in total. The molecule has 2 aromatic rings. The van der Waals surface area contributed by atoms with Gasteiger partial charge >= 0.3 is 5.97 Å². The Kier molecular flexibility index (Phi) is 3.64. The first kappa shape index (κ1) is 13.3. The van der Waals surface area contributed by atoms with E-state index in [1.165, 1.54) is 0 Å². The maximum atomic E-state index is 11.8. The lowest BCUT2D eigenvalue weighted by Gasteiger charge is -2.07. The summed E-state index contributed by atoms with van der Waals surface area (Å²) in [6, 6.07) is 5.33. The van der Waals surface area contributed by atoms with Crippen molar-refractivity contribution in [3.63, 3.8) is 0 Å². The van der Waals surface area contributed by atoms with Crippen LogP contribution in [0.5, 0.6) is 0 Å². The first-order valence-corrected chi connectivity index (χ1v) is 6.23. The molecule has 0 fully saturated rings. The smallest absolute Gasteiger partial charge is 0.379 e.